The average molecular weight is 559 g/mol. The molecule has 8 nitrogen and oxygen atoms in total. The van der Waals surface area contributed by atoms with Gasteiger partial charge in [-0.3, -0.25) is 9.59 Å². The van der Waals surface area contributed by atoms with Gasteiger partial charge in [-0.25, -0.2) is 9.59 Å². The quantitative estimate of drug-likeness (QED) is 0.192. The zero-order valence-corrected chi connectivity index (χ0v) is 23.8. The van der Waals surface area contributed by atoms with E-state index in [2.05, 4.69) is 10.6 Å². The van der Waals surface area contributed by atoms with Gasteiger partial charge in [0.1, 0.15) is 11.1 Å². The smallest absolute Gasteiger partial charge is 0.328 e. The molecule has 11 heteroatoms. The first-order valence-corrected chi connectivity index (χ1v) is 17.8. The molecule has 0 heterocycles. The fraction of sp³-hybridized carbons (Fsp3) is 0.333. The van der Waals surface area contributed by atoms with Gasteiger partial charge in [0.05, 0.1) is 0 Å². The van der Waals surface area contributed by atoms with E-state index < -0.39 is 40.1 Å². The van der Waals surface area contributed by atoms with Gasteiger partial charge < -0.3 is 19.5 Å². The predicted molar refractivity (Wildman–Crippen MR) is 136 cm³/mol. The van der Waals surface area contributed by atoms with E-state index in [1.54, 1.807) is 36.7 Å². The van der Waals surface area contributed by atoms with Crippen LogP contribution in [0.25, 0.3) is 0 Å². The van der Waals surface area contributed by atoms with Gasteiger partial charge in [0.25, 0.3) is 0 Å². The van der Waals surface area contributed by atoms with Crippen LogP contribution < -0.4 is 10.6 Å². The van der Waals surface area contributed by atoms with Crippen molar-refractivity contribution < 1.29 is 44.5 Å². The number of hydrogen-bond donors (Lipinski definition) is 2. The molecular weight excluding hydrogens is 527 g/mol. The first kappa shape index (κ1) is 30.3. The van der Waals surface area contributed by atoms with Crippen LogP contribution in [-0.4, -0.2) is 53.2 Å². The molecule has 0 unspecified atom stereocenters. The molecule has 0 aromatic carbocycles. The van der Waals surface area contributed by atoms with E-state index in [9.17, 15) is 19.2 Å². The molecule has 2 N–H and O–H groups in total. The second-order valence-corrected chi connectivity index (χ2v) is 18.5. The van der Waals surface area contributed by atoms with Gasteiger partial charge >= 0.3 is 11.9 Å². The summed E-state index contributed by atoms with van der Waals surface area (Å²) in [7, 11) is -4.22. The summed E-state index contributed by atoms with van der Waals surface area (Å²) in [6.45, 7) is 12.2. The molecule has 0 radical (unpaired) electrons. The first-order chi connectivity index (χ1) is 15.8. The number of carbonyl (C=O) groups excluding carboxylic acids is 4. The Balaban J connectivity index is 0.00000612. The molecule has 0 aliphatic heterocycles. The molecular formula is C24H32N2NiO6Si2. The van der Waals surface area contributed by atoms with Gasteiger partial charge in [0, 0.05) is 53.1 Å². The van der Waals surface area contributed by atoms with E-state index in [1.165, 1.54) is 12.2 Å². The van der Waals surface area contributed by atoms with Crippen LogP contribution >= 0.6 is 0 Å². The van der Waals surface area contributed by atoms with E-state index >= 15 is 0 Å². The van der Waals surface area contributed by atoms with E-state index in [-0.39, 0.29) is 27.6 Å². The van der Waals surface area contributed by atoms with Crippen LogP contribution in [-0.2, 0) is 44.5 Å². The molecule has 0 aromatic rings. The van der Waals surface area contributed by atoms with Gasteiger partial charge in [-0.2, -0.15) is 0 Å². The van der Waals surface area contributed by atoms with E-state index in [1.807, 2.05) is 39.3 Å². The van der Waals surface area contributed by atoms with Gasteiger partial charge in [0.2, 0.25) is 28.2 Å². The van der Waals surface area contributed by atoms with E-state index in [4.69, 9.17) is 8.85 Å². The standard InChI is InChI=1S/C24H32N2O6Si2.Ni/c1-33(2,3)31-23(29)19-11-7-9-17(21(19)27)15-25-13-14-26-16-18-10-8-12-20(22(18)28)24(30)32-34(4,5)6;/h7-12,15-16,25-26H,13-14H2,1-6H3;/b17-15-,18-16-;. The summed E-state index contributed by atoms with van der Waals surface area (Å²) in [6.07, 6.45) is 12.5. The van der Waals surface area contributed by atoms with Crippen LogP contribution in [0.4, 0.5) is 0 Å². The maximum absolute atomic E-state index is 12.6. The summed E-state index contributed by atoms with van der Waals surface area (Å²) in [6, 6.07) is 0. The van der Waals surface area contributed by atoms with Crippen LogP contribution in [0.3, 0.4) is 0 Å². The number of hydrogen-bond acceptors (Lipinski definition) is 8. The number of allylic oxidation sites excluding steroid dienone is 8. The van der Waals surface area contributed by atoms with Crippen molar-refractivity contribution in [1.82, 2.24) is 10.6 Å². The molecule has 2 aliphatic carbocycles. The Kier molecular flexibility index (Phi) is 11.1. The summed E-state index contributed by atoms with van der Waals surface area (Å²) in [5, 5.41) is 6.03. The maximum Gasteiger partial charge on any atom is 0.328 e. The topological polar surface area (TPSA) is 111 Å². The summed E-state index contributed by atoms with van der Waals surface area (Å²) >= 11 is 0. The van der Waals surface area contributed by atoms with Crippen LogP contribution in [0.5, 0.6) is 0 Å². The summed E-state index contributed by atoms with van der Waals surface area (Å²) in [4.78, 5) is 49.6. The fourth-order valence-corrected chi connectivity index (χ4v) is 4.17. The molecule has 192 valence electrons. The molecule has 0 saturated carbocycles. The van der Waals surface area contributed by atoms with Crippen LogP contribution in [0.1, 0.15) is 0 Å². The Morgan fingerprint density at radius 1 is 0.743 bits per heavy atom. The Labute approximate surface area is 218 Å². The Hall–Kier alpha value is -2.75. The minimum absolute atomic E-state index is 0. The average Bonchev–Trinajstić information content (AvgIpc) is 2.70. The molecule has 0 spiro atoms. The van der Waals surface area contributed by atoms with Crippen molar-refractivity contribution in [2.45, 2.75) is 39.3 Å². The SMILES string of the molecule is C[Si](C)(C)OC(=O)C1=CC=C/C(=C/NCCN/C=C2/C=CC=C(C(=O)O[Si](C)(C)C)C2=O)C1=O.[Ni]. The van der Waals surface area contributed by atoms with Gasteiger partial charge in [-0.15, -0.1) is 0 Å². The minimum Gasteiger partial charge on any atom is -0.516 e. The Morgan fingerprint density at radius 3 is 1.40 bits per heavy atom. The number of nitrogens with one attached hydrogen (secondary N) is 2. The number of rotatable bonds is 9. The van der Waals surface area contributed by atoms with Crippen LogP contribution in [0.15, 0.2) is 71.1 Å². The van der Waals surface area contributed by atoms with E-state index in [0.29, 0.717) is 24.2 Å². The summed E-state index contributed by atoms with van der Waals surface area (Å²) in [5.41, 5.74) is 0.730. The van der Waals surface area contributed by atoms with Crippen LogP contribution in [0.2, 0.25) is 39.3 Å². The second-order valence-electron chi connectivity index (χ2n) is 9.65. The normalized spacial score (nSPS) is 18.0. The zero-order valence-electron chi connectivity index (χ0n) is 20.8. The third-order valence-corrected chi connectivity index (χ3v) is 5.85. The largest absolute Gasteiger partial charge is 0.516 e. The molecule has 0 amide bonds. The number of ketones is 2. The Morgan fingerprint density at radius 2 is 1.09 bits per heavy atom. The van der Waals surface area contributed by atoms with Crippen molar-refractivity contribution >= 4 is 40.1 Å². The number of Topliss-reactive ketones (excluding diaryl/α,β-unsaturated/α-hetero) is 2. The third-order valence-electron chi connectivity index (χ3n) is 4.26. The van der Waals surface area contributed by atoms with Crippen molar-refractivity contribution in [2.75, 3.05) is 13.1 Å². The second kappa shape index (κ2) is 12.8. The summed E-state index contributed by atoms with van der Waals surface area (Å²) < 4.78 is 10.8. The monoisotopic (exact) mass is 558 g/mol. The van der Waals surface area contributed by atoms with Gasteiger partial charge in [-0.1, -0.05) is 12.2 Å². The molecule has 0 saturated heterocycles. The molecule has 2 aliphatic rings. The minimum atomic E-state index is -2.11. The fourth-order valence-electron chi connectivity index (χ4n) is 2.83. The van der Waals surface area contributed by atoms with Crippen molar-refractivity contribution in [3.8, 4) is 0 Å². The van der Waals surface area contributed by atoms with Crippen molar-refractivity contribution in [1.29, 1.82) is 0 Å². The summed E-state index contributed by atoms with van der Waals surface area (Å²) in [5.74, 6) is -1.98. The van der Waals surface area contributed by atoms with E-state index in [0.717, 1.165) is 0 Å². The molecule has 2 rings (SSSR count). The third kappa shape index (κ3) is 9.79. The predicted octanol–water partition coefficient (Wildman–Crippen LogP) is 2.82. The van der Waals surface area contributed by atoms with Crippen molar-refractivity contribution in [3.63, 3.8) is 0 Å². The van der Waals surface area contributed by atoms with Gasteiger partial charge in [0.15, 0.2) is 0 Å². The molecule has 0 atom stereocenters. The number of carbonyl (C=O) groups is 4. The Bertz CT molecular complexity index is 973. The molecule has 0 bridgehead atoms. The first-order valence-electron chi connectivity index (χ1n) is 11.0. The van der Waals surface area contributed by atoms with Gasteiger partial charge in [-0.05, 0) is 63.6 Å². The molecule has 0 aromatic heterocycles. The van der Waals surface area contributed by atoms with Crippen molar-refractivity contribution in [3.05, 3.63) is 71.1 Å². The zero-order chi connectivity index (χ0) is 25.5. The maximum atomic E-state index is 12.6. The van der Waals surface area contributed by atoms with Crippen LogP contribution in [0, 0.1) is 0 Å². The molecule has 0 fully saturated rings. The van der Waals surface area contributed by atoms with Crippen molar-refractivity contribution in [2.24, 2.45) is 0 Å². The molecule has 35 heavy (non-hydrogen) atoms.